The third-order valence-electron chi connectivity index (χ3n) is 3.43. The minimum atomic E-state index is -0.809. The van der Waals surface area contributed by atoms with Gasteiger partial charge >= 0.3 is 12.1 Å². The molecule has 0 aliphatic carbocycles. The lowest BCUT2D eigenvalue weighted by Crippen LogP contribution is -2.37. The zero-order valence-corrected chi connectivity index (χ0v) is 11.1. The second-order valence-electron chi connectivity index (χ2n) is 4.76. The van der Waals surface area contributed by atoms with Crippen molar-refractivity contribution in [1.29, 1.82) is 0 Å². The van der Waals surface area contributed by atoms with E-state index >= 15 is 0 Å². The Morgan fingerprint density at radius 1 is 1.28 bits per heavy atom. The maximum Gasteiger partial charge on any atom is 0.407 e. The van der Waals surface area contributed by atoms with Gasteiger partial charge in [0.2, 0.25) is 0 Å². The van der Waals surface area contributed by atoms with E-state index in [9.17, 15) is 9.59 Å². The first-order valence-corrected chi connectivity index (χ1v) is 6.77. The summed E-state index contributed by atoms with van der Waals surface area (Å²) in [6.07, 6.45) is 4.58. The monoisotopic (exact) mass is 257 g/mol. The van der Waals surface area contributed by atoms with Crippen molar-refractivity contribution in [3.05, 3.63) is 0 Å². The van der Waals surface area contributed by atoms with Crippen LogP contribution in [0, 0.1) is 5.92 Å². The summed E-state index contributed by atoms with van der Waals surface area (Å²) in [5.74, 6) is 0.501. The highest BCUT2D eigenvalue weighted by Crippen LogP contribution is 2.22. The summed E-state index contributed by atoms with van der Waals surface area (Å²) in [6.45, 7) is 3.57. The molecule has 5 heteroatoms. The minimum absolute atomic E-state index is 0.113. The van der Waals surface area contributed by atoms with Crippen LogP contribution in [-0.4, -0.2) is 41.8 Å². The highest BCUT2D eigenvalue weighted by atomic mass is 16.5. The Hall–Kier alpha value is -1.26. The highest BCUT2D eigenvalue weighted by molar-refractivity contribution is 5.69. The molecule has 1 saturated heterocycles. The maximum absolute atomic E-state index is 11.1. The molecule has 18 heavy (non-hydrogen) atoms. The molecular formula is C13H23NO4. The van der Waals surface area contributed by atoms with E-state index in [2.05, 4.69) is 0 Å². The van der Waals surface area contributed by atoms with Gasteiger partial charge in [-0.2, -0.15) is 0 Å². The number of carbonyl (C=O) groups is 2. The van der Waals surface area contributed by atoms with Gasteiger partial charge in [-0.1, -0.05) is 12.8 Å². The summed E-state index contributed by atoms with van der Waals surface area (Å²) < 4.78 is 4.86. The summed E-state index contributed by atoms with van der Waals surface area (Å²) in [5.41, 5.74) is 0. The molecule has 0 spiro atoms. The van der Waals surface area contributed by atoms with Gasteiger partial charge < -0.3 is 14.7 Å². The SMILES string of the molecule is CCOC(=O)CCCCC1CCN(C(=O)O)CC1. The highest BCUT2D eigenvalue weighted by Gasteiger charge is 2.21. The predicted molar refractivity (Wildman–Crippen MR) is 67.4 cm³/mol. The molecule has 0 aromatic carbocycles. The smallest absolute Gasteiger partial charge is 0.407 e. The van der Waals surface area contributed by atoms with Gasteiger partial charge in [-0.3, -0.25) is 4.79 Å². The van der Waals surface area contributed by atoms with Crippen LogP contribution >= 0.6 is 0 Å². The first-order valence-electron chi connectivity index (χ1n) is 6.77. The lowest BCUT2D eigenvalue weighted by molar-refractivity contribution is -0.143. The summed E-state index contributed by atoms with van der Waals surface area (Å²) >= 11 is 0. The van der Waals surface area contributed by atoms with E-state index in [0.717, 1.165) is 32.1 Å². The molecule has 0 atom stereocenters. The largest absolute Gasteiger partial charge is 0.466 e. The summed E-state index contributed by atoms with van der Waals surface area (Å²) in [7, 11) is 0. The van der Waals surface area contributed by atoms with E-state index in [4.69, 9.17) is 9.84 Å². The minimum Gasteiger partial charge on any atom is -0.466 e. The summed E-state index contributed by atoms with van der Waals surface area (Å²) in [4.78, 5) is 23.3. The van der Waals surface area contributed by atoms with E-state index in [1.54, 1.807) is 0 Å². The Bertz CT molecular complexity index is 272. The number of unbranched alkanes of at least 4 members (excludes halogenated alkanes) is 1. The number of carbonyl (C=O) groups excluding carboxylic acids is 1. The van der Waals surface area contributed by atoms with Gasteiger partial charge in [0.15, 0.2) is 0 Å². The zero-order valence-electron chi connectivity index (χ0n) is 11.1. The third kappa shape index (κ3) is 5.38. The van der Waals surface area contributed by atoms with Gasteiger partial charge in [0, 0.05) is 19.5 Å². The number of nitrogens with zero attached hydrogens (tertiary/aromatic N) is 1. The lowest BCUT2D eigenvalue weighted by atomic mass is 9.91. The fourth-order valence-corrected chi connectivity index (χ4v) is 2.35. The van der Waals surface area contributed by atoms with Crippen LogP contribution < -0.4 is 0 Å². The Labute approximate surface area is 108 Å². The lowest BCUT2D eigenvalue weighted by Gasteiger charge is -2.29. The number of rotatable bonds is 6. The van der Waals surface area contributed by atoms with Crippen molar-refractivity contribution < 1.29 is 19.4 Å². The van der Waals surface area contributed by atoms with Crippen LogP contribution in [0.2, 0.25) is 0 Å². The standard InChI is InChI=1S/C13H23NO4/c1-2-18-12(15)6-4-3-5-11-7-9-14(10-8-11)13(16)17/h11H,2-10H2,1H3,(H,16,17). The normalized spacial score (nSPS) is 16.6. The Morgan fingerprint density at radius 3 is 2.50 bits per heavy atom. The van der Waals surface area contributed by atoms with E-state index in [-0.39, 0.29) is 5.97 Å². The van der Waals surface area contributed by atoms with Crippen LogP contribution in [-0.2, 0) is 9.53 Å². The van der Waals surface area contributed by atoms with Crippen LogP contribution in [0.1, 0.15) is 45.4 Å². The second kappa shape index (κ2) is 7.95. The van der Waals surface area contributed by atoms with Crippen LogP contribution in [0.25, 0.3) is 0 Å². The van der Waals surface area contributed by atoms with E-state index < -0.39 is 6.09 Å². The molecule has 0 aromatic rings. The zero-order chi connectivity index (χ0) is 13.4. The molecule has 1 aliphatic rings. The first-order chi connectivity index (χ1) is 8.63. The quantitative estimate of drug-likeness (QED) is 0.586. The van der Waals surface area contributed by atoms with Gasteiger partial charge in [-0.15, -0.1) is 0 Å². The van der Waals surface area contributed by atoms with Crippen molar-refractivity contribution in [3.8, 4) is 0 Å². The molecule has 1 aliphatic heterocycles. The van der Waals surface area contributed by atoms with Crippen LogP contribution in [0.15, 0.2) is 0 Å². The number of amides is 1. The molecule has 1 rings (SSSR count). The molecule has 104 valence electrons. The molecule has 0 aromatic heterocycles. The fraction of sp³-hybridized carbons (Fsp3) is 0.846. The number of hydrogen-bond donors (Lipinski definition) is 1. The predicted octanol–water partition coefficient (Wildman–Crippen LogP) is 2.50. The van der Waals surface area contributed by atoms with Crippen molar-refractivity contribution in [2.45, 2.75) is 45.4 Å². The topological polar surface area (TPSA) is 66.8 Å². The number of esters is 1. The number of hydrogen-bond acceptors (Lipinski definition) is 3. The van der Waals surface area contributed by atoms with Crippen molar-refractivity contribution in [2.75, 3.05) is 19.7 Å². The Kier molecular flexibility index (Phi) is 6.54. The molecule has 1 N–H and O–H groups in total. The van der Waals surface area contributed by atoms with E-state index in [0.29, 0.717) is 32.0 Å². The molecular weight excluding hydrogens is 234 g/mol. The van der Waals surface area contributed by atoms with Crippen molar-refractivity contribution in [3.63, 3.8) is 0 Å². The van der Waals surface area contributed by atoms with E-state index in [1.807, 2.05) is 6.92 Å². The van der Waals surface area contributed by atoms with Crippen LogP contribution in [0.5, 0.6) is 0 Å². The number of piperidine rings is 1. The van der Waals surface area contributed by atoms with Gasteiger partial charge in [0.25, 0.3) is 0 Å². The first kappa shape index (κ1) is 14.8. The average molecular weight is 257 g/mol. The average Bonchev–Trinajstić information content (AvgIpc) is 2.35. The molecule has 1 fully saturated rings. The summed E-state index contributed by atoms with van der Waals surface area (Å²) in [5, 5.41) is 8.82. The summed E-state index contributed by atoms with van der Waals surface area (Å²) in [6, 6.07) is 0. The molecule has 1 amide bonds. The number of ether oxygens (including phenoxy) is 1. The molecule has 0 unspecified atom stereocenters. The molecule has 5 nitrogen and oxygen atoms in total. The number of likely N-dealkylation sites (tertiary alicyclic amines) is 1. The van der Waals surface area contributed by atoms with Crippen LogP contribution in [0.3, 0.4) is 0 Å². The maximum atomic E-state index is 11.1. The molecule has 0 bridgehead atoms. The Morgan fingerprint density at radius 2 is 1.94 bits per heavy atom. The Balaban J connectivity index is 2.04. The second-order valence-corrected chi connectivity index (χ2v) is 4.76. The van der Waals surface area contributed by atoms with Gasteiger partial charge in [-0.25, -0.2) is 4.79 Å². The fourth-order valence-electron chi connectivity index (χ4n) is 2.35. The molecule has 0 radical (unpaired) electrons. The van der Waals surface area contributed by atoms with Crippen molar-refractivity contribution >= 4 is 12.1 Å². The van der Waals surface area contributed by atoms with Gasteiger partial charge in [0.05, 0.1) is 6.61 Å². The van der Waals surface area contributed by atoms with Crippen LogP contribution in [0.4, 0.5) is 4.79 Å². The van der Waals surface area contributed by atoms with Gasteiger partial charge in [0.1, 0.15) is 0 Å². The third-order valence-corrected chi connectivity index (χ3v) is 3.43. The van der Waals surface area contributed by atoms with Crippen molar-refractivity contribution in [1.82, 2.24) is 4.90 Å². The van der Waals surface area contributed by atoms with Crippen molar-refractivity contribution in [2.24, 2.45) is 5.92 Å². The van der Waals surface area contributed by atoms with Gasteiger partial charge in [-0.05, 0) is 32.1 Å². The number of carboxylic acid groups (broad SMARTS) is 1. The van der Waals surface area contributed by atoms with E-state index in [1.165, 1.54) is 4.90 Å². The molecule has 0 saturated carbocycles. The molecule has 1 heterocycles.